The fourth-order valence-corrected chi connectivity index (χ4v) is 0. The van der Waals surface area contributed by atoms with Crippen molar-refractivity contribution >= 4 is 0 Å². The number of rotatable bonds is 0. The van der Waals surface area contributed by atoms with Crippen LogP contribution < -0.4 is 111 Å². The molecule has 0 spiro atoms. The molecule has 108 valence electrons. The maximum Gasteiger partial charge on any atom is 3.00 e. The van der Waals surface area contributed by atoms with Crippen LogP contribution in [0.25, 0.3) is 0 Å². The summed E-state index contributed by atoms with van der Waals surface area (Å²) in [6.45, 7) is 0. The molecule has 0 aliphatic heterocycles. The summed E-state index contributed by atoms with van der Waals surface area (Å²) in [6, 6.07) is 0. The van der Waals surface area contributed by atoms with Gasteiger partial charge in [0.25, 0.3) is 0 Å². The first-order valence-corrected chi connectivity index (χ1v) is 0. The molecule has 0 saturated heterocycles. The molecular weight excluding hydrogens is 503 g/mol. The van der Waals surface area contributed by atoms with Crippen LogP contribution in [-0.2, 0) is 39.0 Å². The Morgan fingerprint density at radius 1 is 0.214 bits per heavy atom. The monoisotopic (exact) mass is 518 g/mol. The molecule has 14 heteroatoms. The summed E-state index contributed by atoms with van der Waals surface area (Å²) in [5, 5.41) is 0. The average molecular weight is 521 g/mol. The summed E-state index contributed by atoms with van der Waals surface area (Å²) in [7, 11) is 0. The summed E-state index contributed by atoms with van der Waals surface area (Å²) in [5.74, 6) is 0. The van der Waals surface area contributed by atoms with Crippen molar-refractivity contribution in [2.75, 3.05) is 0 Å². The van der Waals surface area contributed by atoms with Crippen LogP contribution in [-0.4, -0.2) is 0 Å². The molecule has 0 bridgehead atoms. The number of hydrogen-bond donors (Lipinski definition) is 6. The van der Waals surface area contributed by atoms with E-state index in [2.05, 4.69) is 0 Å². The van der Waals surface area contributed by atoms with Crippen molar-refractivity contribution in [2.45, 2.75) is 0 Å². The molecule has 0 aromatic carbocycles. The van der Waals surface area contributed by atoms with Gasteiger partial charge in [0.2, 0.25) is 0 Å². The van der Waals surface area contributed by atoms with Gasteiger partial charge in [-0.25, -0.2) is 0 Å². The third-order valence-electron chi connectivity index (χ3n) is 0. The fourth-order valence-electron chi connectivity index (χ4n) is 0. The molecule has 0 atom stereocenters. The van der Waals surface area contributed by atoms with Crippen LogP contribution in [0.5, 0.6) is 0 Å². The summed E-state index contributed by atoms with van der Waals surface area (Å²) < 4.78 is 0. The molecule has 0 aliphatic rings. The maximum atomic E-state index is 0. The van der Waals surface area contributed by atoms with Crippen LogP contribution in [0.3, 0.4) is 0 Å². The average Bonchev–Trinajstić information content (AvgIpc) is 0. The molecule has 0 heterocycles. The van der Waals surface area contributed by atoms with E-state index in [0.717, 1.165) is 0 Å². The molecule has 18 N–H and O–H groups in total. The number of hydrogen-bond acceptors (Lipinski definition) is 6. The summed E-state index contributed by atoms with van der Waals surface area (Å²) in [6.07, 6.45) is 0. The summed E-state index contributed by atoms with van der Waals surface area (Å²) in [4.78, 5) is 0. The van der Waals surface area contributed by atoms with Crippen LogP contribution in [0.1, 0.15) is 0 Å². The molecule has 0 unspecified atom stereocenters. The van der Waals surface area contributed by atoms with E-state index in [-0.39, 0.29) is 150 Å². The van der Waals surface area contributed by atoms with Crippen molar-refractivity contribution in [3.05, 3.63) is 0 Å². The Morgan fingerprint density at radius 2 is 0.214 bits per heavy atom. The predicted octanol–water partition coefficient (Wildman–Crippen LogP) is -17.0. The van der Waals surface area contributed by atoms with Gasteiger partial charge in [-0.15, -0.1) is 0 Å². The summed E-state index contributed by atoms with van der Waals surface area (Å²) >= 11 is 0. The third kappa shape index (κ3) is 369. The second-order valence-electron chi connectivity index (χ2n) is 0. The first-order valence-electron chi connectivity index (χ1n) is 0. The number of halogens is 6. The minimum atomic E-state index is 0. The molecule has 0 aliphatic carbocycles. The molecule has 0 fully saturated rings. The Labute approximate surface area is 149 Å². The minimum absolute atomic E-state index is 0. The van der Waals surface area contributed by atoms with Gasteiger partial charge in [0.1, 0.15) is 0 Å². The van der Waals surface area contributed by atoms with Crippen LogP contribution in [0.2, 0.25) is 0 Å². The summed E-state index contributed by atoms with van der Waals surface area (Å²) in [5.41, 5.74) is 0. The molecule has 14 heavy (non-hydrogen) atoms. The largest absolute Gasteiger partial charge is 3.00 e. The van der Waals surface area contributed by atoms with E-state index in [9.17, 15) is 0 Å². The first kappa shape index (κ1) is 550. The van der Waals surface area contributed by atoms with Gasteiger partial charge in [0, 0.05) is 0 Å². The molecule has 0 aromatic heterocycles. The van der Waals surface area contributed by atoms with Gasteiger partial charge < -0.3 is 111 Å². The van der Waals surface area contributed by atoms with Crippen molar-refractivity contribution in [1.82, 2.24) is 36.9 Å². The van der Waals surface area contributed by atoms with E-state index in [1.165, 1.54) is 0 Å². The van der Waals surface area contributed by atoms with Crippen LogP contribution in [0, 0.1) is 0 Å². The van der Waals surface area contributed by atoms with E-state index < -0.39 is 0 Å². The Hall–Kier alpha value is 2.75. The van der Waals surface area contributed by atoms with E-state index in [0.29, 0.717) is 0 Å². The first-order chi connectivity index (χ1) is 0. The smallest absolute Gasteiger partial charge is 1.00 e. The Kier molecular flexibility index (Phi) is 17800. The molecule has 0 aromatic rings. The fraction of sp³-hybridized carbons (Fsp3) is 0. The van der Waals surface area contributed by atoms with Crippen molar-refractivity contribution in [3.63, 3.8) is 0 Å². The zero-order valence-corrected chi connectivity index (χ0v) is 15.0. The van der Waals surface area contributed by atoms with E-state index >= 15 is 0 Å². The van der Waals surface area contributed by atoms with Crippen molar-refractivity contribution < 1.29 is 113 Å². The van der Waals surface area contributed by atoms with Gasteiger partial charge in [0.15, 0.2) is 0 Å². The predicted molar refractivity (Wildman–Crippen MR) is 30.1 cm³/mol. The molecule has 0 amide bonds. The topological polar surface area (TPSA) is 210 Å². The molecule has 0 radical (unpaired) electrons. The zero-order valence-electron chi connectivity index (χ0n) is 7.18. The van der Waals surface area contributed by atoms with Gasteiger partial charge in [-0.05, 0) is 0 Å². The molecule has 0 rings (SSSR count). The van der Waals surface area contributed by atoms with Gasteiger partial charge in [-0.2, -0.15) is 0 Å². The van der Waals surface area contributed by atoms with E-state index in [4.69, 9.17) is 0 Å². The molecule has 6 nitrogen and oxygen atoms in total. The van der Waals surface area contributed by atoms with Crippen LogP contribution in [0.15, 0.2) is 0 Å². The van der Waals surface area contributed by atoms with Gasteiger partial charge >= 0.3 is 39.0 Å². The van der Waals surface area contributed by atoms with E-state index in [1.54, 1.807) is 0 Å². The third-order valence-corrected chi connectivity index (χ3v) is 0. The van der Waals surface area contributed by atoms with Crippen molar-refractivity contribution in [1.29, 1.82) is 0 Å². The van der Waals surface area contributed by atoms with Crippen molar-refractivity contribution in [3.8, 4) is 0 Å². The van der Waals surface area contributed by atoms with Crippen LogP contribution >= 0.6 is 0 Å². The standard InChI is InChI=1S/6ClH.6H3N.2Rh/h6*1H;6*1H3;;/q;;;;;;;;;;;;2*+3/p-6. The van der Waals surface area contributed by atoms with Crippen molar-refractivity contribution in [2.24, 2.45) is 0 Å². The second-order valence-corrected chi connectivity index (χ2v) is 0. The van der Waals surface area contributed by atoms with Gasteiger partial charge in [-0.3, -0.25) is 0 Å². The molecular formula is H18Cl6N6Rh2. The quantitative estimate of drug-likeness (QED) is 0.171. The Bertz CT molecular complexity index is 20.3. The SMILES string of the molecule is N.N.N.N.N.N.[Cl-].[Cl-].[Cl-].[Cl-].[Cl-].[Cl-].[Rh+3].[Rh+3]. The van der Waals surface area contributed by atoms with Crippen LogP contribution in [0.4, 0.5) is 0 Å². The Balaban J connectivity index is 0. The zero-order chi connectivity index (χ0) is 0. The minimum Gasteiger partial charge on any atom is -1.00 e. The Morgan fingerprint density at radius 3 is 0.214 bits per heavy atom. The van der Waals surface area contributed by atoms with Gasteiger partial charge in [-0.1, -0.05) is 0 Å². The molecule has 0 saturated carbocycles. The van der Waals surface area contributed by atoms with E-state index in [1.807, 2.05) is 0 Å². The maximum absolute atomic E-state index is 0. The second kappa shape index (κ2) is 454. The normalized spacial score (nSPS) is 0. The van der Waals surface area contributed by atoms with Gasteiger partial charge in [0.05, 0.1) is 0 Å².